The molecule has 2 heteroatoms. The number of hydrogen-bond donors (Lipinski definition) is 0. The molecule has 1 heterocycles. The minimum absolute atomic E-state index is 0.0812. The molecule has 0 aromatic heterocycles. The highest BCUT2D eigenvalue weighted by Gasteiger charge is 2.25. The van der Waals surface area contributed by atoms with Crippen molar-refractivity contribution in [3.05, 3.63) is 34.9 Å². The van der Waals surface area contributed by atoms with Gasteiger partial charge in [0.15, 0.2) is 0 Å². The lowest BCUT2D eigenvalue weighted by atomic mass is 9.95. The van der Waals surface area contributed by atoms with Gasteiger partial charge in [-0.2, -0.15) is 0 Å². The number of carbonyl (C=O) groups is 1. The molecule has 1 unspecified atom stereocenters. The molecule has 1 aromatic carbocycles. The summed E-state index contributed by atoms with van der Waals surface area (Å²) in [6.07, 6.45) is 2.96. The lowest BCUT2D eigenvalue weighted by Crippen LogP contribution is -2.27. The molecule has 0 bridgehead atoms. The summed E-state index contributed by atoms with van der Waals surface area (Å²) in [4.78, 5) is 11.7. The maximum absolute atomic E-state index is 11.7. The number of rotatable bonds is 2. The molecule has 1 atom stereocenters. The molecule has 0 amide bonds. The van der Waals surface area contributed by atoms with Crippen molar-refractivity contribution < 1.29 is 9.53 Å². The minimum Gasteiger partial charge on any atom is -0.458 e. The van der Waals surface area contributed by atoms with Gasteiger partial charge in [0.1, 0.15) is 6.10 Å². The van der Waals surface area contributed by atoms with Crippen LogP contribution in [0.4, 0.5) is 0 Å². The summed E-state index contributed by atoms with van der Waals surface area (Å²) in [5.41, 5.74) is 3.00. The molecule has 1 aliphatic heterocycles. The van der Waals surface area contributed by atoms with E-state index in [1.165, 1.54) is 0 Å². The number of hydrogen-bond acceptors (Lipinski definition) is 2. The van der Waals surface area contributed by atoms with Crippen molar-refractivity contribution in [2.75, 3.05) is 0 Å². The van der Waals surface area contributed by atoms with E-state index in [0.717, 1.165) is 36.0 Å². The number of cyclic esters (lactones) is 1. The summed E-state index contributed by atoms with van der Waals surface area (Å²) in [7, 11) is 0. The van der Waals surface area contributed by atoms with Crippen molar-refractivity contribution in [3.63, 3.8) is 0 Å². The van der Waals surface area contributed by atoms with Crippen LogP contribution in [0.5, 0.6) is 0 Å². The van der Waals surface area contributed by atoms with Crippen LogP contribution < -0.4 is 0 Å². The first-order valence-corrected chi connectivity index (χ1v) is 5.51. The molecule has 0 spiro atoms. The van der Waals surface area contributed by atoms with Gasteiger partial charge in [0.2, 0.25) is 0 Å². The molecular weight excluding hydrogens is 188 g/mol. The largest absolute Gasteiger partial charge is 0.458 e. The average Bonchev–Trinajstić information content (AvgIpc) is 2.20. The summed E-state index contributed by atoms with van der Waals surface area (Å²) < 4.78 is 5.37. The third-order valence-corrected chi connectivity index (χ3v) is 2.82. The monoisotopic (exact) mass is 204 g/mol. The van der Waals surface area contributed by atoms with E-state index in [0.29, 0.717) is 0 Å². The third kappa shape index (κ3) is 2.04. The first-order valence-electron chi connectivity index (χ1n) is 5.51. The van der Waals surface area contributed by atoms with Gasteiger partial charge in [-0.15, -0.1) is 0 Å². The number of aryl methyl sites for hydroxylation is 1. The molecule has 0 saturated heterocycles. The highest BCUT2D eigenvalue weighted by molar-refractivity contribution is 5.92. The van der Waals surface area contributed by atoms with Crippen LogP contribution in [0, 0.1) is 6.92 Å². The highest BCUT2D eigenvalue weighted by atomic mass is 16.5. The highest BCUT2D eigenvalue weighted by Crippen LogP contribution is 2.23. The molecular formula is C13H16O2. The van der Waals surface area contributed by atoms with E-state index in [-0.39, 0.29) is 12.1 Å². The number of esters is 1. The molecule has 0 radical (unpaired) electrons. The molecule has 0 N–H and O–H groups in total. The van der Waals surface area contributed by atoms with E-state index in [1.807, 2.05) is 19.1 Å². The molecule has 1 aromatic rings. The Labute approximate surface area is 90.3 Å². The Kier molecular flexibility index (Phi) is 2.76. The first kappa shape index (κ1) is 10.2. The van der Waals surface area contributed by atoms with E-state index in [9.17, 15) is 4.79 Å². The standard InChI is InChI=1S/C13H16O2/c1-3-4-11-8-10-6-5-9(2)7-12(10)13(14)15-11/h5-7,11H,3-4,8H2,1-2H3. The van der Waals surface area contributed by atoms with Gasteiger partial charge in [0.05, 0.1) is 5.56 Å². The van der Waals surface area contributed by atoms with Crippen molar-refractivity contribution >= 4 is 5.97 Å². The summed E-state index contributed by atoms with van der Waals surface area (Å²) in [6, 6.07) is 6.02. The maximum Gasteiger partial charge on any atom is 0.338 e. The van der Waals surface area contributed by atoms with Crippen LogP contribution in [0.1, 0.15) is 41.3 Å². The summed E-state index contributed by atoms with van der Waals surface area (Å²) in [6.45, 7) is 4.10. The summed E-state index contributed by atoms with van der Waals surface area (Å²) in [5, 5.41) is 0. The summed E-state index contributed by atoms with van der Waals surface area (Å²) in [5.74, 6) is -0.154. The lowest BCUT2D eigenvalue weighted by Gasteiger charge is -2.24. The van der Waals surface area contributed by atoms with Gasteiger partial charge in [0, 0.05) is 6.42 Å². The third-order valence-electron chi connectivity index (χ3n) is 2.82. The van der Waals surface area contributed by atoms with Gasteiger partial charge < -0.3 is 4.74 Å². The predicted molar refractivity (Wildman–Crippen MR) is 59.0 cm³/mol. The van der Waals surface area contributed by atoms with Gasteiger partial charge in [-0.1, -0.05) is 31.0 Å². The number of carbonyl (C=O) groups excluding carboxylic acids is 1. The zero-order valence-electron chi connectivity index (χ0n) is 9.25. The van der Waals surface area contributed by atoms with E-state index in [4.69, 9.17) is 4.74 Å². The fourth-order valence-electron chi connectivity index (χ4n) is 2.04. The topological polar surface area (TPSA) is 26.3 Å². The van der Waals surface area contributed by atoms with Gasteiger partial charge in [-0.05, 0) is 25.0 Å². The van der Waals surface area contributed by atoms with Crippen molar-refractivity contribution in [1.82, 2.24) is 0 Å². The van der Waals surface area contributed by atoms with Crippen LogP contribution in [0.15, 0.2) is 18.2 Å². The van der Waals surface area contributed by atoms with Crippen molar-refractivity contribution in [3.8, 4) is 0 Å². The number of benzene rings is 1. The Balaban J connectivity index is 2.28. The van der Waals surface area contributed by atoms with Gasteiger partial charge in [-0.3, -0.25) is 0 Å². The van der Waals surface area contributed by atoms with Crippen LogP contribution >= 0.6 is 0 Å². The molecule has 2 rings (SSSR count). The van der Waals surface area contributed by atoms with Crippen LogP contribution in [-0.2, 0) is 11.2 Å². The van der Waals surface area contributed by atoms with E-state index in [2.05, 4.69) is 13.0 Å². The quantitative estimate of drug-likeness (QED) is 0.692. The zero-order valence-corrected chi connectivity index (χ0v) is 9.25. The molecule has 1 aliphatic rings. The molecule has 2 nitrogen and oxygen atoms in total. The minimum atomic E-state index is -0.154. The summed E-state index contributed by atoms with van der Waals surface area (Å²) >= 11 is 0. The second kappa shape index (κ2) is 4.05. The van der Waals surface area contributed by atoms with Crippen LogP contribution in [-0.4, -0.2) is 12.1 Å². The maximum atomic E-state index is 11.7. The van der Waals surface area contributed by atoms with E-state index < -0.39 is 0 Å². The molecule has 0 saturated carbocycles. The first-order chi connectivity index (χ1) is 7.20. The fourth-order valence-corrected chi connectivity index (χ4v) is 2.04. The second-order valence-electron chi connectivity index (χ2n) is 4.18. The van der Waals surface area contributed by atoms with Crippen LogP contribution in [0.25, 0.3) is 0 Å². The average molecular weight is 204 g/mol. The Morgan fingerprint density at radius 1 is 1.47 bits per heavy atom. The zero-order chi connectivity index (χ0) is 10.8. The van der Waals surface area contributed by atoms with Crippen molar-refractivity contribution in [2.24, 2.45) is 0 Å². The van der Waals surface area contributed by atoms with Gasteiger partial charge in [0.25, 0.3) is 0 Å². The Hall–Kier alpha value is -1.31. The number of fused-ring (bicyclic) bond motifs is 1. The molecule has 0 aliphatic carbocycles. The van der Waals surface area contributed by atoms with Gasteiger partial charge >= 0.3 is 5.97 Å². The molecule has 80 valence electrons. The Morgan fingerprint density at radius 2 is 2.27 bits per heavy atom. The normalized spacial score (nSPS) is 19.6. The van der Waals surface area contributed by atoms with Crippen molar-refractivity contribution in [2.45, 2.75) is 39.2 Å². The fraction of sp³-hybridized carbons (Fsp3) is 0.462. The van der Waals surface area contributed by atoms with E-state index in [1.54, 1.807) is 0 Å². The Bertz CT molecular complexity index is 382. The Morgan fingerprint density at radius 3 is 3.00 bits per heavy atom. The van der Waals surface area contributed by atoms with Crippen LogP contribution in [0.2, 0.25) is 0 Å². The molecule has 15 heavy (non-hydrogen) atoms. The van der Waals surface area contributed by atoms with E-state index >= 15 is 0 Å². The SMILES string of the molecule is CCCC1Cc2ccc(C)cc2C(=O)O1. The van der Waals surface area contributed by atoms with Gasteiger partial charge in [-0.25, -0.2) is 4.79 Å². The second-order valence-corrected chi connectivity index (χ2v) is 4.18. The smallest absolute Gasteiger partial charge is 0.338 e. The number of ether oxygens (including phenoxy) is 1. The predicted octanol–water partition coefficient (Wildman–Crippen LogP) is 2.88. The molecule has 0 fully saturated rings. The lowest BCUT2D eigenvalue weighted by molar-refractivity contribution is 0.0236. The van der Waals surface area contributed by atoms with Crippen molar-refractivity contribution in [1.29, 1.82) is 0 Å². The van der Waals surface area contributed by atoms with Crippen LogP contribution in [0.3, 0.4) is 0 Å².